The number of thioether (sulfide) groups is 1. The normalized spacial score (nSPS) is 17.5. The summed E-state index contributed by atoms with van der Waals surface area (Å²) >= 11 is 5.03. The van der Waals surface area contributed by atoms with Crippen LogP contribution in [0.3, 0.4) is 0 Å². The molecule has 160 valence electrons. The molecule has 5 nitrogen and oxygen atoms in total. The van der Waals surface area contributed by atoms with Gasteiger partial charge >= 0.3 is 5.97 Å². The van der Waals surface area contributed by atoms with Crippen LogP contribution in [0.4, 0.5) is 4.39 Å². The van der Waals surface area contributed by atoms with E-state index in [-0.39, 0.29) is 19.0 Å². The number of aliphatic imine (C=N–C) groups is 1. The Kier molecular flexibility index (Phi) is 6.48. The molecule has 2 aromatic carbocycles. The zero-order chi connectivity index (χ0) is 22.0. The number of carbonyl (C=O) groups is 1. The minimum atomic E-state index is -0.460. The van der Waals surface area contributed by atoms with Crippen LogP contribution < -0.4 is 4.74 Å². The number of esters is 1. The van der Waals surface area contributed by atoms with E-state index in [1.807, 2.05) is 41.6 Å². The molecule has 0 amide bonds. The molecular weight excluding hydrogens is 483 g/mol. The Morgan fingerprint density at radius 2 is 2.13 bits per heavy atom. The predicted octanol–water partition coefficient (Wildman–Crippen LogP) is 5.94. The molecule has 2 aromatic rings. The molecule has 8 heteroatoms. The van der Waals surface area contributed by atoms with Crippen molar-refractivity contribution in [2.75, 3.05) is 6.61 Å². The molecule has 0 fully saturated rings. The Hall–Kier alpha value is -2.58. The van der Waals surface area contributed by atoms with E-state index in [1.165, 1.54) is 23.9 Å². The van der Waals surface area contributed by atoms with Gasteiger partial charge in [0.15, 0.2) is 5.17 Å². The molecule has 0 bridgehead atoms. The second-order valence-corrected chi connectivity index (χ2v) is 8.72. The summed E-state index contributed by atoms with van der Waals surface area (Å²) in [5.74, 6) is -0.125. The van der Waals surface area contributed by atoms with E-state index in [2.05, 4.69) is 20.9 Å². The van der Waals surface area contributed by atoms with Gasteiger partial charge in [-0.15, -0.1) is 0 Å². The average molecular weight is 503 g/mol. The van der Waals surface area contributed by atoms with Crippen LogP contribution in [0.2, 0.25) is 0 Å². The van der Waals surface area contributed by atoms with Gasteiger partial charge in [0.1, 0.15) is 18.2 Å². The van der Waals surface area contributed by atoms with Gasteiger partial charge in [0.2, 0.25) is 0 Å². The minimum Gasteiger partial charge on any atom is -0.489 e. The van der Waals surface area contributed by atoms with Gasteiger partial charge in [0, 0.05) is 16.2 Å². The maximum Gasteiger partial charge on any atom is 0.338 e. The third-order valence-corrected chi connectivity index (χ3v) is 6.13. The zero-order valence-corrected chi connectivity index (χ0v) is 19.4. The van der Waals surface area contributed by atoms with Crippen LogP contribution in [0.5, 0.6) is 5.75 Å². The van der Waals surface area contributed by atoms with E-state index >= 15 is 0 Å². The molecule has 0 saturated carbocycles. The van der Waals surface area contributed by atoms with Crippen LogP contribution in [0.1, 0.15) is 31.0 Å². The molecule has 0 aliphatic carbocycles. The topological polar surface area (TPSA) is 51.1 Å². The van der Waals surface area contributed by atoms with Crippen molar-refractivity contribution >= 4 is 38.8 Å². The second kappa shape index (κ2) is 9.28. The number of benzene rings is 2. The van der Waals surface area contributed by atoms with Crippen molar-refractivity contribution in [2.45, 2.75) is 26.5 Å². The van der Waals surface area contributed by atoms with Gasteiger partial charge < -0.3 is 14.4 Å². The molecule has 0 unspecified atom stereocenters. The number of hydrogen-bond acceptors (Lipinski definition) is 6. The first-order chi connectivity index (χ1) is 15.0. The Morgan fingerprint density at radius 3 is 2.90 bits per heavy atom. The number of hydrogen-bond donors (Lipinski definition) is 0. The molecule has 4 rings (SSSR count). The lowest BCUT2D eigenvalue weighted by atomic mass is 9.94. The summed E-state index contributed by atoms with van der Waals surface area (Å²) in [5, 5.41) is 2.71. The Bertz CT molecular complexity index is 1120. The van der Waals surface area contributed by atoms with E-state index in [1.54, 1.807) is 19.1 Å². The Labute approximate surface area is 192 Å². The third kappa shape index (κ3) is 4.55. The second-order valence-electron chi connectivity index (χ2n) is 6.93. The summed E-state index contributed by atoms with van der Waals surface area (Å²) in [5.41, 5.74) is 2.58. The van der Waals surface area contributed by atoms with Crippen molar-refractivity contribution in [1.82, 2.24) is 4.90 Å². The summed E-state index contributed by atoms with van der Waals surface area (Å²) in [6, 6.07) is 11.5. The third-order valence-electron chi connectivity index (χ3n) is 4.87. The molecule has 31 heavy (non-hydrogen) atoms. The molecule has 0 saturated heterocycles. The lowest BCUT2D eigenvalue weighted by Crippen LogP contribution is -2.34. The molecular formula is C23H20BrFN2O3S. The first-order valence-electron chi connectivity index (χ1n) is 9.73. The van der Waals surface area contributed by atoms with Gasteiger partial charge in [0.25, 0.3) is 0 Å². The number of amidine groups is 1. The summed E-state index contributed by atoms with van der Waals surface area (Å²) in [6.07, 6.45) is 1.90. The first kappa shape index (κ1) is 21.6. The van der Waals surface area contributed by atoms with Crippen molar-refractivity contribution in [1.29, 1.82) is 0 Å². The van der Waals surface area contributed by atoms with Crippen LogP contribution in [0.25, 0.3) is 0 Å². The number of rotatable bonds is 6. The highest BCUT2D eigenvalue weighted by atomic mass is 79.9. The molecule has 2 aliphatic rings. The highest BCUT2D eigenvalue weighted by Gasteiger charge is 2.39. The molecule has 1 atom stereocenters. The molecule has 2 heterocycles. The van der Waals surface area contributed by atoms with E-state index < -0.39 is 12.0 Å². The number of fused-ring (bicyclic) bond motifs is 1. The lowest BCUT2D eigenvalue weighted by Gasteiger charge is -2.34. The molecule has 0 aromatic heterocycles. The molecule has 0 N–H and O–H groups in total. The Morgan fingerprint density at radius 1 is 1.29 bits per heavy atom. The maximum absolute atomic E-state index is 13.6. The highest BCUT2D eigenvalue weighted by Crippen LogP contribution is 2.44. The van der Waals surface area contributed by atoms with Crippen LogP contribution in [-0.4, -0.2) is 22.6 Å². The quantitative estimate of drug-likeness (QED) is 0.457. The summed E-state index contributed by atoms with van der Waals surface area (Å²) < 4.78 is 25.9. The monoisotopic (exact) mass is 502 g/mol. The fraction of sp³-hybridized carbons (Fsp3) is 0.217. The van der Waals surface area contributed by atoms with E-state index in [0.717, 1.165) is 15.2 Å². The number of ether oxygens (including phenoxy) is 2. The van der Waals surface area contributed by atoms with Gasteiger partial charge in [-0.25, -0.2) is 14.2 Å². The van der Waals surface area contributed by atoms with Crippen molar-refractivity contribution in [3.63, 3.8) is 0 Å². The standard InChI is InChI=1S/C23H20BrFN2O3S/c1-3-29-22(28)20-14(2)26-23-27(9-10-31-23)21(20)18-12-16(24)7-8-19(18)30-13-15-5-4-6-17(25)11-15/h4-12,21H,3,13H2,1-2H3/t21-/m1/s1. The van der Waals surface area contributed by atoms with Crippen molar-refractivity contribution < 1.29 is 18.7 Å². The minimum absolute atomic E-state index is 0.197. The Balaban J connectivity index is 1.75. The average Bonchev–Trinajstić information content (AvgIpc) is 3.20. The molecule has 2 aliphatic heterocycles. The van der Waals surface area contributed by atoms with Gasteiger partial charge in [-0.3, -0.25) is 0 Å². The SMILES string of the molecule is CCOC(=O)C1=C(C)N=C2SC=CN2[C@@H]1c1cc(Br)ccc1OCc1cccc(F)c1. The van der Waals surface area contributed by atoms with E-state index in [0.29, 0.717) is 22.6 Å². The predicted molar refractivity (Wildman–Crippen MR) is 123 cm³/mol. The largest absolute Gasteiger partial charge is 0.489 e. The van der Waals surface area contributed by atoms with E-state index in [9.17, 15) is 9.18 Å². The summed E-state index contributed by atoms with van der Waals surface area (Å²) in [6.45, 7) is 4.05. The van der Waals surface area contributed by atoms with Crippen molar-refractivity contribution in [3.8, 4) is 5.75 Å². The maximum atomic E-state index is 13.6. The van der Waals surface area contributed by atoms with Crippen LogP contribution >= 0.6 is 27.7 Å². The number of carbonyl (C=O) groups excluding carboxylic acids is 1. The van der Waals surface area contributed by atoms with Crippen molar-refractivity contribution in [3.05, 3.63) is 86.8 Å². The molecule has 0 spiro atoms. The smallest absolute Gasteiger partial charge is 0.338 e. The van der Waals surface area contributed by atoms with Crippen LogP contribution in [-0.2, 0) is 16.1 Å². The van der Waals surface area contributed by atoms with Gasteiger partial charge in [0.05, 0.1) is 23.9 Å². The van der Waals surface area contributed by atoms with Gasteiger partial charge in [-0.05, 0) is 55.2 Å². The lowest BCUT2D eigenvalue weighted by molar-refractivity contribution is -0.139. The molecule has 0 radical (unpaired) electrons. The fourth-order valence-corrected chi connectivity index (χ4v) is 4.70. The van der Waals surface area contributed by atoms with Gasteiger partial charge in [-0.2, -0.15) is 0 Å². The number of nitrogens with zero attached hydrogens (tertiary/aromatic N) is 2. The van der Waals surface area contributed by atoms with E-state index in [4.69, 9.17) is 9.47 Å². The number of halogens is 2. The van der Waals surface area contributed by atoms with Crippen molar-refractivity contribution in [2.24, 2.45) is 4.99 Å². The van der Waals surface area contributed by atoms with Gasteiger partial charge in [-0.1, -0.05) is 39.8 Å². The first-order valence-corrected chi connectivity index (χ1v) is 11.4. The summed E-state index contributed by atoms with van der Waals surface area (Å²) in [7, 11) is 0. The van der Waals surface area contributed by atoms with Crippen LogP contribution in [0, 0.1) is 5.82 Å². The number of allylic oxidation sites excluding steroid dienone is 1. The highest BCUT2D eigenvalue weighted by molar-refractivity contribution is 9.10. The van der Waals surface area contributed by atoms with Crippen LogP contribution in [0.15, 0.2) is 74.8 Å². The summed E-state index contributed by atoms with van der Waals surface area (Å²) in [4.78, 5) is 19.4. The fourth-order valence-electron chi connectivity index (χ4n) is 3.53. The zero-order valence-electron chi connectivity index (χ0n) is 17.0.